The van der Waals surface area contributed by atoms with Gasteiger partial charge in [-0.25, -0.2) is 0 Å². The highest BCUT2D eigenvalue weighted by Crippen LogP contribution is 2.39. The molecule has 0 saturated carbocycles. The lowest BCUT2D eigenvalue weighted by molar-refractivity contribution is -0.117. The molecule has 1 amide bonds. The van der Waals surface area contributed by atoms with E-state index in [1.54, 1.807) is 0 Å². The summed E-state index contributed by atoms with van der Waals surface area (Å²) in [7, 11) is 0. The molecule has 2 aromatic carbocycles. The Labute approximate surface area is 202 Å². The maximum Gasteiger partial charge on any atom is 0.238 e. The lowest BCUT2D eigenvalue weighted by Gasteiger charge is -2.31. The van der Waals surface area contributed by atoms with E-state index in [2.05, 4.69) is 45.5 Å². The van der Waals surface area contributed by atoms with Crippen LogP contribution >= 0.6 is 0 Å². The van der Waals surface area contributed by atoms with Crippen LogP contribution in [-0.4, -0.2) is 70.0 Å². The minimum absolute atomic E-state index is 0.0564. The fourth-order valence-electron chi connectivity index (χ4n) is 4.41. The van der Waals surface area contributed by atoms with Crippen LogP contribution in [0.25, 0.3) is 5.57 Å². The van der Waals surface area contributed by atoms with Crippen molar-refractivity contribution in [1.29, 1.82) is 0 Å². The fourth-order valence-corrected chi connectivity index (χ4v) is 4.41. The average Bonchev–Trinajstić information content (AvgIpc) is 2.87. The van der Waals surface area contributed by atoms with Crippen molar-refractivity contribution in [3.63, 3.8) is 0 Å². The van der Waals surface area contributed by atoms with E-state index in [0.29, 0.717) is 44.4 Å². The number of carbonyl (C=O) groups excluding carboxylic acids is 1. The number of ether oxygens (including phenoxy) is 3. The third-order valence-electron chi connectivity index (χ3n) is 6.09. The van der Waals surface area contributed by atoms with Gasteiger partial charge in [0.15, 0.2) is 0 Å². The summed E-state index contributed by atoms with van der Waals surface area (Å²) >= 11 is 0. The molecule has 0 radical (unpaired) electrons. The van der Waals surface area contributed by atoms with E-state index in [9.17, 15) is 4.79 Å². The average molecular weight is 466 g/mol. The van der Waals surface area contributed by atoms with E-state index in [0.717, 1.165) is 44.0 Å². The molecule has 0 aromatic heterocycles. The van der Waals surface area contributed by atoms with Crippen molar-refractivity contribution in [1.82, 2.24) is 4.90 Å². The van der Waals surface area contributed by atoms with Crippen molar-refractivity contribution in [3.05, 3.63) is 54.1 Å². The molecule has 1 fully saturated rings. The maximum atomic E-state index is 12.9. The summed E-state index contributed by atoms with van der Waals surface area (Å²) in [4.78, 5) is 17.4. The largest absolute Gasteiger partial charge is 0.492 e. The smallest absolute Gasteiger partial charge is 0.238 e. The van der Waals surface area contributed by atoms with E-state index in [4.69, 9.17) is 14.2 Å². The van der Waals surface area contributed by atoms with Gasteiger partial charge >= 0.3 is 0 Å². The van der Waals surface area contributed by atoms with Crippen molar-refractivity contribution < 1.29 is 19.0 Å². The van der Waals surface area contributed by atoms with Gasteiger partial charge in [0.2, 0.25) is 5.91 Å². The Balaban J connectivity index is 1.45. The first-order chi connectivity index (χ1) is 16.7. The first-order valence-corrected chi connectivity index (χ1v) is 12.2. The number of benzene rings is 2. The van der Waals surface area contributed by atoms with Crippen molar-refractivity contribution in [2.45, 2.75) is 20.3 Å². The number of morpholine rings is 1. The zero-order valence-corrected chi connectivity index (χ0v) is 20.2. The van der Waals surface area contributed by atoms with Crippen LogP contribution in [0.1, 0.15) is 25.8 Å². The highest BCUT2D eigenvalue weighted by atomic mass is 16.5. The fraction of sp³-hybridized carbons (Fsp3) is 0.444. The van der Waals surface area contributed by atoms with Crippen LogP contribution in [0.5, 0.6) is 11.5 Å². The van der Waals surface area contributed by atoms with Crippen molar-refractivity contribution in [2.24, 2.45) is 0 Å². The van der Waals surface area contributed by atoms with Gasteiger partial charge in [0.05, 0.1) is 44.3 Å². The molecule has 1 saturated heterocycles. The molecule has 7 nitrogen and oxygen atoms in total. The van der Waals surface area contributed by atoms with Gasteiger partial charge in [0.25, 0.3) is 0 Å². The Morgan fingerprint density at radius 1 is 1.00 bits per heavy atom. The molecule has 7 heteroatoms. The van der Waals surface area contributed by atoms with Gasteiger partial charge in [-0.1, -0.05) is 36.4 Å². The molecule has 4 rings (SSSR count). The Kier molecular flexibility index (Phi) is 8.44. The van der Waals surface area contributed by atoms with E-state index < -0.39 is 0 Å². The molecular weight excluding hydrogens is 430 g/mol. The molecule has 0 spiro atoms. The highest BCUT2D eigenvalue weighted by molar-refractivity contribution is 5.94. The van der Waals surface area contributed by atoms with E-state index in [1.165, 1.54) is 11.1 Å². The van der Waals surface area contributed by atoms with Crippen LogP contribution in [0, 0.1) is 0 Å². The van der Waals surface area contributed by atoms with Gasteiger partial charge < -0.3 is 24.4 Å². The minimum atomic E-state index is -0.0564. The number of rotatable bonds is 9. The summed E-state index contributed by atoms with van der Waals surface area (Å²) in [6.45, 7) is 9.87. The zero-order chi connectivity index (χ0) is 23.8. The molecule has 0 aliphatic carbocycles. The molecule has 2 aliphatic rings. The van der Waals surface area contributed by atoms with Crippen LogP contribution in [0.4, 0.5) is 11.4 Å². The minimum Gasteiger partial charge on any atom is -0.492 e. The summed E-state index contributed by atoms with van der Waals surface area (Å²) < 4.78 is 17.3. The molecular formula is C27H35N3O4. The van der Waals surface area contributed by atoms with E-state index in [1.807, 2.05) is 32.0 Å². The van der Waals surface area contributed by atoms with Crippen LogP contribution < -0.4 is 19.7 Å². The highest BCUT2D eigenvalue weighted by Gasteiger charge is 2.21. The summed E-state index contributed by atoms with van der Waals surface area (Å²) in [5.41, 5.74) is 4.22. The normalized spacial score (nSPS) is 16.6. The number of hydrogen-bond acceptors (Lipinski definition) is 6. The third kappa shape index (κ3) is 6.10. The predicted octanol–water partition coefficient (Wildman–Crippen LogP) is 4.05. The Morgan fingerprint density at radius 3 is 2.41 bits per heavy atom. The molecule has 182 valence electrons. The number of hydrogen-bond donors (Lipinski definition) is 1. The second-order valence-corrected chi connectivity index (χ2v) is 8.41. The van der Waals surface area contributed by atoms with Crippen molar-refractivity contribution in [2.75, 3.05) is 69.4 Å². The van der Waals surface area contributed by atoms with Gasteiger partial charge in [-0.3, -0.25) is 9.69 Å². The van der Waals surface area contributed by atoms with E-state index >= 15 is 0 Å². The molecule has 2 aliphatic heterocycles. The van der Waals surface area contributed by atoms with Gasteiger partial charge in [-0.05, 0) is 31.4 Å². The summed E-state index contributed by atoms with van der Waals surface area (Å²) in [5.74, 6) is 1.35. The predicted molar refractivity (Wildman–Crippen MR) is 136 cm³/mol. The summed E-state index contributed by atoms with van der Waals surface area (Å²) in [6.07, 6.45) is 3.16. The molecule has 0 bridgehead atoms. The molecule has 2 aromatic rings. The Hall–Kier alpha value is -3.03. The summed E-state index contributed by atoms with van der Waals surface area (Å²) in [6, 6.07) is 14.3. The third-order valence-corrected chi connectivity index (χ3v) is 6.09. The van der Waals surface area contributed by atoms with Crippen LogP contribution in [0.15, 0.2) is 48.5 Å². The van der Waals surface area contributed by atoms with Gasteiger partial charge in [-0.2, -0.15) is 0 Å². The van der Waals surface area contributed by atoms with Crippen molar-refractivity contribution >= 4 is 22.9 Å². The number of amides is 1. The molecule has 0 atom stereocenters. The lowest BCUT2D eigenvalue weighted by atomic mass is 10.00. The van der Waals surface area contributed by atoms with Gasteiger partial charge in [0, 0.05) is 38.3 Å². The first kappa shape index (κ1) is 24.1. The van der Waals surface area contributed by atoms with Crippen LogP contribution in [0.2, 0.25) is 0 Å². The quantitative estimate of drug-likeness (QED) is 0.603. The van der Waals surface area contributed by atoms with Crippen molar-refractivity contribution in [3.8, 4) is 11.5 Å². The molecule has 2 heterocycles. The number of nitrogens with one attached hydrogen (secondary N) is 1. The number of carbonyl (C=O) groups is 1. The topological polar surface area (TPSA) is 63.3 Å². The molecule has 34 heavy (non-hydrogen) atoms. The number of anilines is 2. The zero-order valence-electron chi connectivity index (χ0n) is 20.2. The maximum absolute atomic E-state index is 12.9. The summed E-state index contributed by atoms with van der Waals surface area (Å²) in [5, 5.41) is 3.06. The SMILES string of the molecule is CCOc1cc(N2CCOCC2)c(OCC)cc1NC(=O)CN1CC=C(c2ccccc2)CC1. The Bertz CT molecular complexity index is 987. The van der Waals surface area contributed by atoms with E-state index in [-0.39, 0.29) is 5.91 Å². The van der Waals surface area contributed by atoms with Gasteiger partial charge in [-0.15, -0.1) is 0 Å². The van der Waals surface area contributed by atoms with Crippen LogP contribution in [0.3, 0.4) is 0 Å². The second kappa shape index (κ2) is 11.9. The molecule has 0 unspecified atom stereocenters. The lowest BCUT2D eigenvalue weighted by Crippen LogP contribution is -2.37. The first-order valence-electron chi connectivity index (χ1n) is 12.2. The van der Waals surface area contributed by atoms with Crippen LogP contribution in [-0.2, 0) is 9.53 Å². The van der Waals surface area contributed by atoms with Gasteiger partial charge in [0.1, 0.15) is 11.5 Å². The molecule has 1 N–H and O–H groups in total. The standard InChI is InChI=1S/C27H35N3O4/c1-3-33-25-19-24(30-14-16-32-17-15-30)26(34-4-2)18-23(25)28-27(31)20-29-12-10-22(11-13-29)21-8-6-5-7-9-21/h5-10,18-19H,3-4,11-17,20H2,1-2H3,(H,28,31). The monoisotopic (exact) mass is 465 g/mol. The second-order valence-electron chi connectivity index (χ2n) is 8.41. The number of nitrogens with zero attached hydrogens (tertiary/aromatic N) is 2. The Morgan fingerprint density at radius 2 is 1.74 bits per heavy atom.